The van der Waals surface area contributed by atoms with Crippen molar-refractivity contribution in [1.82, 2.24) is 15.5 Å². The molecule has 5 rings (SSSR count). The highest BCUT2D eigenvalue weighted by Gasteiger charge is 2.36. The highest BCUT2D eigenvalue weighted by atomic mass is 16.6. The Hall–Kier alpha value is -4.18. The molecule has 3 amide bonds. The zero-order valence-electron chi connectivity index (χ0n) is 23.5. The van der Waals surface area contributed by atoms with E-state index >= 15 is 0 Å². The first kappa shape index (κ1) is 29.3. The lowest BCUT2D eigenvalue weighted by Gasteiger charge is -2.29. The number of nitrogens with zero attached hydrogens (tertiary/aromatic N) is 1. The van der Waals surface area contributed by atoms with Crippen LogP contribution in [0.1, 0.15) is 49.1 Å². The van der Waals surface area contributed by atoms with E-state index in [0.717, 1.165) is 28.7 Å². The van der Waals surface area contributed by atoms with E-state index in [1.54, 1.807) is 17.1 Å². The van der Waals surface area contributed by atoms with Crippen molar-refractivity contribution in [3.8, 4) is 11.1 Å². The van der Waals surface area contributed by atoms with Gasteiger partial charge in [0.1, 0.15) is 19.3 Å². The Kier molecular flexibility index (Phi) is 9.53. The third-order valence-corrected chi connectivity index (χ3v) is 8.17. The predicted octanol–water partition coefficient (Wildman–Crippen LogP) is 2.89. The number of amides is 3. The molecule has 3 atom stereocenters. The number of hydrogen-bond donors (Lipinski definition) is 3. The van der Waals surface area contributed by atoms with E-state index in [2.05, 4.69) is 22.8 Å². The minimum absolute atomic E-state index is 0.00634. The Morgan fingerprint density at radius 1 is 1.00 bits per heavy atom. The number of hydrogen-bond acceptors (Lipinski definition) is 7. The van der Waals surface area contributed by atoms with E-state index in [1.165, 1.54) is 0 Å². The normalized spacial score (nSPS) is 23.0. The molecule has 2 aromatic rings. The summed E-state index contributed by atoms with van der Waals surface area (Å²) in [5, 5.41) is 14.3. The predicted molar refractivity (Wildman–Crippen MR) is 154 cm³/mol. The van der Waals surface area contributed by atoms with Crippen molar-refractivity contribution in [2.45, 2.75) is 50.1 Å². The minimum Gasteiger partial charge on any atom is -0.462 e. The average Bonchev–Trinajstić information content (AvgIpc) is 3.60. The maximum atomic E-state index is 13.3. The van der Waals surface area contributed by atoms with E-state index in [4.69, 9.17) is 14.6 Å². The number of fused-ring (bicyclic) bond motifs is 4. The molecular weight excluding hydrogens is 538 g/mol. The molecule has 3 aliphatic rings. The molecule has 0 unspecified atom stereocenters. The summed E-state index contributed by atoms with van der Waals surface area (Å²) in [5.41, 5.74) is 4.43. The molecule has 42 heavy (non-hydrogen) atoms. The largest absolute Gasteiger partial charge is 0.462 e. The summed E-state index contributed by atoms with van der Waals surface area (Å²) in [5.74, 6) is -1.73. The van der Waals surface area contributed by atoms with Gasteiger partial charge >= 0.3 is 12.1 Å². The number of esters is 1. The highest BCUT2D eigenvalue weighted by Crippen LogP contribution is 2.44. The number of allylic oxidation sites excluding steroid dienone is 1. The standard InChI is InChI=1S/C32H37N3O7/c36-17-15-33-29(37)18-21-8-1-6-14-28(31(39)41-19-22-9-7-16-35(22)30(21)38)34-32(40)42-20-27-25-12-4-2-10-23(25)24-11-3-5-13-26(24)27/h1-6,10-13,21-22,27-28,36H,7-9,14-20H2,(H,33,37)(H,34,40)/b6-1-/t21-,22-,28+/m1/s1. The Bertz CT molecular complexity index is 1300. The molecule has 1 saturated heterocycles. The first-order valence-electron chi connectivity index (χ1n) is 14.6. The summed E-state index contributed by atoms with van der Waals surface area (Å²) in [4.78, 5) is 53.3. The van der Waals surface area contributed by atoms with Crippen LogP contribution >= 0.6 is 0 Å². The van der Waals surface area contributed by atoms with Crippen LogP contribution < -0.4 is 10.6 Å². The molecule has 2 heterocycles. The van der Waals surface area contributed by atoms with Crippen LogP contribution in [0.3, 0.4) is 0 Å². The number of carbonyl (C=O) groups is 4. The molecule has 0 aromatic heterocycles. The summed E-state index contributed by atoms with van der Waals surface area (Å²) >= 11 is 0. The lowest BCUT2D eigenvalue weighted by Crippen LogP contribution is -2.46. The van der Waals surface area contributed by atoms with Crippen molar-refractivity contribution in [3.63, 3.8) is 0 Å². The number of alkyl carbamates (subject to hydrolysis) is 1. The van der Waals surface area contributed by atoms with Gasteiger partial charge in [-0.1, -0.05) is 60.7 Å². The number of carbonyl (C=O) groups excluding carboxylic acids is 4. The van der Waals surface area contributed by atoms with Crippen molar-refractivity contribution < 1.29 is 33.8 Å². The van der Waals surface area contributed by atoms with E-state index in [-0.39, 0.29) is 63.0 Å². The van der Waals surface area contributed by atoms with Crippen LogP contribution in [-0.4, -0.2) is 78.9 Å². The van der Waals surface area contributed by atoms with Crippen molar-refractivity contribution in [3.05, 3.63) is 71.8 Å². The molecule has 0 spiro atoms. The third kappa shape index (κ3) is 6.65. The van der Waals surface area contributed by atoms with Gasteiger partial charge in [-0.3, -0.25) is 9.59 Å². The Morgan fingerprint density at radius 2 is 1.69 bits per heavy atom. The zero-order valence-corrected chi connectivity index (χ0v) is 23.5. The Labute approximate surface area is 245 Å². The number of benzene rings is 2. The van der Waals surface area contributed by atoms with Crippen molar-refractivity contribution in [2.24, 2.45) is 5.92 Å². The second kappa shape index (κ2) is 13.7. The van der Waals surface area contributed by atoms with Gasteiger partial charge in [-0.15, -0.1) is 0 Å². The van der Waals surface area contributed by atoms with Gasteiger partial charge in [-0.25, -0.2) is 9.59 Å². The zero-order chi connectivity index (χ0) is 29.5. The van der Waals surface area contributed by atoms with Gasteiger partial charge in [-0.05, 0) is 47.9 Å². The Balaban J connectivity index is 1.24. The second-order valence-electron chi connectivity index (χ2n) is 10.9. The van der Waals surface area contributed by atoms with Crippen LogP contribution in [0.15, 0.2) is 60.7 Å². The van der Waals surface area contributed by atoms with Gasteiger partial charge in [0.25, 0.3) is 0 Å². The number of ether oxygens (including phenoxy) is 2. The Morgan fingerprint density at radius 3 is 2.40 bits per heavy atom. The molecule has 2 aliphatic heterocycles. The molecule has 10 nitrogen and oxygen atoms in total. The summed E-state index contributed by atoms with van der Waals surface area (Å²) in [6.45, 7) is 0.612. The van der Waals surface area contributed by atoms with Crippen molar-refractivity contribution >= 4 is 23.9 Å². The monoisotopic (exact) mass is 575 g/mol. The second-order valence-corrected chi connectivity index (χ2v) is 10.9. The van der Waals surface area contributed by atoms with Crippen LogP contribution in [0.5, 0.6) is 0 Å². The highest BCUT2D eigenvalue weighted by molar-refractivity contribution is 5.86. The molecule has 1 aliphatic carbocycles. The fourth-order valence-electron chi connectivity index (χ4n) is 6.06. The van der Waals surface area contributed by atoms with Crippen molar-refractivity contribution in [1.29, 1.82) is 0 Å². The van der Waals surface area contributed by atoms with Crippen LogP contribution in [0.25, 0.3) is 11.1 Å². The fourth-order valence-corrected chi connectivity index (χ4v) is 6.06. The van der Waals surface area contributed by atoms with Gasteiger partial charge < -0.3 is 30.1 Å². The molecule has 2 aromatic carbocycles. The molecular formula is C32H37N3O7. The van der Waals surface area contributed by atoms with Gasteiger partial charge in [0.2, 0.25) is 11.8 Å². The molecule has 222 valence electrons. The summed E-state index contributed by atoms with van der Waals surface area (Å²) < 4.78 is 11.2. The lowest BCUT2D eigenvalue weighted by atomic mass is 9.97. The molecule has 0 radical (unpaired) electrons. The molecule has 10 heteroatoms. The minimum atomic E-state index is -0.965. The number of rotatable bonds is 7. The third-order valence-electron chi connectivity index (χ3n) is 8.17. The fraction of sp³-hybridized carbons (Fsp3) is 0.438. The first-order valence-corrected chi connectivity index (χ1v) is 14.6. The smallest absolute Gasteiger partial charge is 0.407 e. The van der Waals surface area contributed by atoms with E-state index in [1.807, 2.05) is 36.4 Å². The molecule has 1 fully saturated rings. The quantitative estimate of drug-likeness (QED) is 0.341. The maximum Gasteiger partial charge on any atom is 0.407 e. The van der Waals surface area contributed by atoms with Crippen LogP contribution in [-0.2, 0) is 23.9 Å². The lowest BCUT2D eigenvalue weighted by molar-refractivity contribution is -0.150. The number of cyclic esters (lactones) is 1. The van der Waals surface area contributed by atoms with Crippen LogP contribution in [0.2, 0.25) is 0 Å². The van der Waals surface area contributed by atoms with Gasteiger partial charge in [0.15, 0.2) is 0 Å². The number of aliphatic hydroxyl groups is 1. The van der Waals surface area contributed by atoms with Gasteiger partial charge in [0, 0.05) is 25.4 Å². The van der Waals surface area contributed by atoms with Gasteiger partial charge in [-0.2, -0.15) is 0 Å². The number of nitrogens with one attached hydrogen (secondary N) is 2. The van der Waals surface area contributed by atoms with E-state index in [0.29, 0.717) is 19.4 Å². The average molecular weight is 576 g/mol. The topological polar surface area (TPSA) is 134 Å². The summed E-state index contributed by atoms with van der Waals surface area (Å²) in [7, 11) is 0. The van der Waals surface area contributed by atoms with E-state index < -0.39 is 24.0 Å². The first-order chi connectivity index (χ1) is 20.5. The molecule has 0 saturated carbocycles. The SMILES string of the molecule is O=C(C[C@H]1C/C=C\C[C@H](NC(=O)OCC2c3ccccc3-c3ccccc32)C(=O)OC[C@H]2CCCN2C1=O)NCCO. The summed E-state index contributed by atoms with van der Waals surface area (Å²) in [6, 6.07) is 14.9. The van der Waals surface area contributed by atoms with Crippen molar-refractivity contribution in [2.75, 3.05) is 32.9 Å². The molecule has 0 bridgehead atoms. The van der Waals surface area contributed by atoms with Crippen LogP contribution in [0, 0.1) is 5.92 Å². The summed E-state index contributed by atoms with van der Waals surface area (Å²) in [6.07, 6.45) is 4.66. The van der Waals surface area contributed by atoms with E-state index in [9.17, 15) is 19.2 Å². The molecule has 3 N–H and O–H groups in total. The number of aliphatic hydroxyl groups excluding tert-OH is 1. The van der Waals surface area contributed by atoms with Crippen LogP contribution in [0.4, 0.5) is 4.79 Å². The maximum absolute atomic E-state index is 13.3. The van der Waals surface area contributed by atoms with Gasteiger partial charge in [0.05, 0.1) is 18.6 Å².